The molecule has 0 radical (unpaired) electrons. The summed E-state index contributed by atoms with van der Waals surface area (Å²) in [7, 11) is 0. The van der Waals surface area contributed by atoms with Gasteiger partial charge < -0.3 is 15.5 Å². The molecule has 0 amide bonds. The first kappa shape index (κ1) is 14.3. The van der Waals surface area contributed by atoms with Crippen LogP contribution in [0.15, 0.2) is 36.5 Å². The van der Waals surface area contributed by atoms with Gasteiger partial charge in [-0.25, -0.2) is 4.79 Å². The highest BCUT2D eigenvalue weighted by molar-refractivity contribution is 6.00. The Morgan fingerprint density at radius 2 is 2.10 bits per heavy atom. The third kappa shape index (κ3) is 3.24. The molecule has 1 aromatic heterocycles. The van der Waals surface area contributed by atoms with E-state index >= 15 is 0 Å². The van der Waals surface area contributed by atoms with Crippen LogP contribution in [-0.2, 0) is 4.74 Å². The number of Topliss-reactive ketones (excluding diaryl/α,β-unsaturated/α-hetero) is 1. The Morgan fingerprint density at radius 1 is 1.33 bits per heavy atom. The number of non-ortho nitro benzene ring substituents is 1. The smallest absolute Gasteiger partial charge is 0.340 e. The van der Waals surface area contributed by atoms with Crippen molar-refractivity contribution >= 4 is 23.1 Å². The molecule has 1 aromatic carbocycles. The fourth-order valence-electron chi connectivity index (χ4n) is 1.62. The van der Waals surface area contributed by atoms with Gasteiger partial charge in [0.15, 0.2) is 6.61 Å². The molecule has 0 aliphatic carbocycles. The number of carbonyl (C=O) groups excluding carboxylic acids is 2. The van der Waals surface area contributed by atoms with Gasteiger partial charge in [-0.1, -0.05) is 0 Å². The third-order valence-electron chi connectivity index (χ3n) is 2.70. The number of nitrogens with zero attached hydrogens (tertiary/aromatic N) is 1. The molecule has 21 heavy (non-hydrogen) atoms. The summed E-state index contributed by atoms with van der Waals surface area (Å²) in [5, 5.41) is 10.7. The van der Waals surface area contributed by atoms with Crippen molar-refractivity contribution in [3.05, 3.63) is 57.9 Å². The van der Waals surface area contributed by atoms with Crippen molar-refractivity contribution in [2.24, 2.45) is 0 Å². The Balaban J connectivity index is 2.08. The van der Waals surface area contributed by atoms with Gasteiger partial charge in [-0.3, -0.25) is 14.9 Å². The Bertz CT molecular complexity index is 694. The van der Waals surface area contributed by atoms with Crippen molar-refractivity contribution in [2.75, 3.05) is 12.3 Å². The summed E-state index contributed by atoms with van der Waals surface area (Å²) in [5.41, 5.74) is 5.48. The quantitative estimate of drug-likeness (QED) is 0.282. The van der Waals surface area contributed by atoms with E-state index in [0.717, 1.165) is 6.07 Å². The standard InChI is InChI=1S/C13H11N3O5/c14-10-4-3-8(16(19)20)6-9(10)13(18)21-7-12(17)11-2-1-5-15-11/h1-6,15H,7,14H2. The molecule has 2 rings (SSSR count). The summed E-state index contributed by atoms with van der Waals surface area (Å²) in [6.07, 6.45) is 1.56. The van der Waals surface area contributed by atoms with Crippen molar-refractivity contribution in [1.82, 2.24) is 4.98 Å². The molecule has 2 aromatic rings. The molecule has 0 saturated carbocycles. The minimum atomic E-state index is -0.892. The number of nitrogens with one attached hydrogen (secondary N) is 1. The number of nitrogens with two attached hydrogens (primary N) is 1. The number of ketones is 1. The summed E-state index contributed by atoms with van der Waals surface area (Å²) in [6, 6.07) is 6.60. The number of hydrogen-bond acceptors (Lipinski definition) is 6. The van der Waals surface area contributed by atoms with Gasteiger partial charge in [0.2, 0.25) is 5.78 Å². The largest absolute Gasteiger partial charge is 0.454 e. The van der Waals surface area contributed by atoms with E-state index in [1.54, 1.807) is 12.3 Å². The van der Waals surface area contributed by atoms with Crippen LogP contribution < -0.4 is 5.73 Å². The number of rotatable bonds is 5. The summed E-state index contributed by atoms with van der Waals surface area (Å²) in [4.78, 5) is 36.2. The van der Waals surface area contributed by atoms with Gasteiger partial charge in [-0.2, -0.15) is 0 Å². The Kier molecular flexibility index (Phi) is 3.98. The van der Waals surface area contributed by atoms with Gasteiger partial charge in [0.25, 0.3) is 5.69 Å². The second kappa shape index (κ2) is 5.87. The molecule has 0 atom stereocenters. The number of benzene rings is 1. The zero-order valence-corrected chi connectivity index (χ0v) is 10.7. The van der Waals surface area contributed by atoms with E-state index in [0.29, 0.717) is 5.69 Å². The van der Waals surface area contributed by atoms with Crippen LogP contribution in [0.2, 0.25) is 0 Å². The minimum absolute atomic E-state index is 0.0397. The first-order valence-corrected chi connectivity index (χ1v) is 5.86. The molecule has 8 heteroatoms. The zero-order valence-electron chi connectivity index (χ0n) is 10.7. The minimum Gasteiger partial charge on any atom is -0.454 e. The molecule has 108 valence electrons. The van der Waals surface area contributed by atoms with Crippen LogP contribution in [0.5, 0.6) is 0 Å². The number of anilines is 1. The van der Waals surface area contributed by atoms with E-state index in [9.17, 15) is 19.7 Å². The normalized spacial score (nSPS) is 10.1. The van der Waals surface area contributed by atoms with Gasteiger partial charge in [-0.15, -0.1) is 0 Å². The lowest BCUT2D eigenvalue weighted by Crippen LogP contribution is -2.15. The van der Waals surface area contributed by atoms with Crippen LogP contribution in [0.3, 0.4) is 0 Å². The molecule has 3 N–H and O–H groups in total. The van der Waals surface area contributed by atoms with Gasteiger partial charge in [-0.05, 0) is 18.2 Å². The average molecular weight is 289 g/mol. The van der Waals surface area contributed by atoms with Gasteiger partial charge in [0.05, 0.1) is 16.2 Å². The first-order chi connectivity index (χ1) is 9.99. The molecule has 0 aliphatic rings. The third-order valence-corrected chi connectivity index (χ3v) is 2.70. The highest BCUT2D eigenvalue weighted by atomic mass is 16.6. The van der Waals surface area contributed by atoms with Crippen LogP contribution in [0, 0.1) is 10.1 Å². The monoisotopic (exact) mass is 289 g/mol. The number of aromatic amines is 1. The number of nitrogen functional groups attached to an aromatic ring is 1. The predicted molar refractivity (Wildman–Crippen MR) is 72.9 cm³/mol. The Hall–Kier alpha value is -3.16. The van der Waals surface area contributed by atoms with Crippen molar-refractivity contribution in [2.45, 2.75) is 0 Å². The Labute approximate surface area is 118 Å². The molecule has 0 saturated heterocycles. The summed E-state index contributed by atoms with van der Waals surface area (Å²) in [6.45, 7) is -0.485. The van der Waals surface area contributed by atoms with E-state index < -0.39 is 23.3 Å². The van der Waals surface area contributed by atoms with Gasteiger partial charge in [0.1, 0.15) is 0 Å². The number of esters is 1. The molecule has 0 fully saturated rings. The number of H-pyrrole nitrogens is 1. The van der Waals surface area contributed by atoms with Gasteiger partial charge in [0, 0.05) is 24.0 Å². The van der Waals surface area contributed by atoms with Crippen LogP contribution in [0.4, 0.5) is 11.4 Å². The second-order valence-electron chi connectivity index (χ2n) is 4.11. The van der Waals surface area contributed by atoms with Crippen molar-refractivity contribution in [3.63, 3.8) is 0 Å². The number of ether oxygens (including phenoxy) is 1. The number of nitro benzene ring substituents is 1. The maximum absolute atomic E-state index is 11.8. The van der Waals surface area contributed by atoms with E-state index in [1.165, 1.54) is 18.2 Å². The lowest BCUT2D eigenvalue weighted by molar-refractivity contribution is -0.384. The van der Waals surface area contributed by atoms with E-state index in [1.807, 2.05) is 0 Å². The van der Waals surface area contributed by atoms with E-state index in [4.69, 9.17) is 10.5 Å². The van der Waals surface area contributed by atoms with Crippen molar-refractivity contribution < 1.29 is 19.2 Å². The van der Waals surface area contributed by atoms with Gasteiger partial charge >= 0.3 is 5.97 Å². The van der Waals surface area contributed by atoms with E-state index in [2.05, 4.69) is 4.98 Å². The number of nitro groups is 1. The fourth-order valence-corrected chi connectivity index (χ4v) is 1.62. The summed E-state index contributed by atoms with van der Waals surface area (Å²) >= 11 is 0. The molecule has 0 unspecified atom stereocenters. The molecule has 0 bridgehead atoms. The van der Waals surface area contributed by atoms with Crippen LogP contribution in [0.1, 0.15) is 20.8 Å². The van der Waals surface area contributed by atoms with Crippen LogP contribution in [0.25, 0.3) is 0 Å². The summed E-state index contributed by atoms with van der Waals surface area (Å²) < 4.78 is 4.82. The average Bonchev–Trinajstić information content (AvgIpc) is 2.98. The second-order valence-corrected chi connectivity index (χ2v) is 4.11. The zero-order chi connectivity index (χ0) is 15.4. The molecular weight excluding hydrogens is 278 g/mol. The molecule has 0 aliphatic heterocycles. The lowest BCUT2D eigenvalue weighted by atomic mass is 10.1. The maximum Gasteiger partial charge on any atom is 0.340 e. The fraction of sp³-hybridized carbons (Fsp3) is 0.0769. The molecule has 0 spiro atoms. The molecular formula is C13H11N3O5. The predicted octanol–water partition coefficient (Wildman–Crippen LogP) is 1.54. The highest BCUT2D eigenvalue weighted by Crippen LogP contribution is 2.20. The maximum atomic E-state index is 11.8. The molecule has 8 nitrogen and oxygen atoms in total. The number of hydrogen-bond donors (Lipinski definition) is 2. The van der Waals surface area contributed by atoms with Crippen molar-refractivity contribution in [3.8, 4) is 0 Å². The SMILES string of the molecule is Nc1ccc([N+](=O)[O-])cc1C(=O)OCC(=O)c1ccc[nH]1. The highest BCUT2D eigenvalue weighted by Gasteiger charge is 2.18. The molecule has 1 heterocycles. The van der Waals surface area contributed by atoms with E-state index in [-0.39, 0.29) is 16.9 Å². The Morgan fingerprint density at radius 3 is 2.71 bits per heavy atom. The number of aromatic nitrogens is 1. The van der Waals surface area contributed by atoms with Crippen LogP contribution in [-0.4, -0.2) is 28.3 Å². The number of carbonyl (C=O) groups is 2. The van der Waals surface area contributed by atoms with Crippen LogP contribution >= 0.6 is 0 Å². The topological polar surface area (TPSA) is 128 Å². The van der Waals surface area contributed by atoms with Crippen molar-refractivity contribution in [1.29, 1.82) is 0 Å². The lowest BCUT2D eigenvalue weighted by Gasteiger charge is -2.06. The first-order valence-electron chi connectivity index (χ1n) is 5.86. The summed E-state index contributed by atoms with van der Waals surface area (Å²) in [5.74, 6) is -1.31.